The number of halogens is 1. The second kappa shape index (κ2) is 12.2. The van der Waals surface area contributed by atoms with E-state index in [1.807, 2.05) is 58.0 Å². The Morgan fingerprint density at radius 2 is 1.77 bits per heavy atom. The number of hydrogen-bond acceptors (Lipinski definition) is 5. The molecular formula is C21H37IN6O2. The van der Waals surface area contributed by atoms with Crippen LogP contribution in [0, 0.1) is 0 Å². The Kier molecular flexibility index (Phi) is 10.6. The smallest absolute Gasteiger partial charge is 0.407 e. The molecule has 1 heterocycles. The zero-order valence-electron chi connectivity index (χ0n) is 19.0. The van der Waals surface area contributed by atoms with E-state index in [0.717, 1.165) is 43.2 Å². The van der Waals surface area contributed by atoms with Crippen molar-refractivity contribution in [1.82, 2.24) is 20.9 Å². The zero-order chi connectivity index (χ0) is 21.4. The summed E-state index contributed by atoms with van der Waals surface area (Å²) in [4.78, 5) is 22.9. The van der Waals surface area contributed by atoms with Crippen LogP contribution in [-0.4, -0.2) is 55.9 Å². The van der Waals surface area contributed by atoms with Crippen molar-refractivity contribution in [3.05, 3.63) is 23.9 Å². The summed E-state index contributed by atoms with van der Waals surface area (Å²) >= 11 is 0. The van der Waals surface area contributed by atoms with Gasteiger partial charge in [-0.15, -0.1) is 24.0 Å². The average Bonchev–Trinajstić information content (AvgIpc) is 2.65. The first-order chi connectivity index (χ1) is 13.7. The highest BCUT2D eigenvalue weighted by molar-refractivity contribution is 14.0. The Morgan fingerprint density at radius 1 is 1.17 bits per heavy atom. The van der Waals surface area contributed by atoms with E-state index >= 15 is 0 Å². The van der Waals surface area contributed by atoms with Crippen LogP contribution in [0.4, 0.5) is 10.6 Å². The van der Waals surface area contributed by atoms with E-state index in [9.17, 15) is 4.79 Å². The molecule has 1 saturated carbocycles. The van der Waals surface area contributed by atoms with Gasteiger partial charge in [0.25, 0.3) is 0 Å². The lowest BCUT2D eigenvalue weighted by Gasteiger charge is -2.31. The molecule has 0 radical (unpaired) electrons. The van der Waals surface area contributed by atoms with Crippen molar-refractivity contribution in [3.8, 4) is 0 Å². The molecular weight excluding hydrogens is 495 g/mol. The summed E-state index contributed by atoms with van der Waals surface area (Å²) in [5.41, 5.74) is 0.492. The number of guanidine groups is 1. The highest BCUT2D eigenvalue weighted by Crippen LogP contribution is 2.19. The van der Waals surface area contributed by atoms with Crippen LogP contribution in [0.15, 0.2) is 23.2 Å². The second-order valence-corrected chi connectivity index (χ2v) is 8.65. The van der Waals surface area contributed by atoms with Crippen molar-refractivity contribution in [2.75, 3.05) is 26.0 Å². The Bertz CT molecular complexity index is 697. The lowest BCUT2D eigenvalue weighted by Crippen LogP contribution is -2.48. The van der Waals surface area contributed by atoms with Gasteiger partial charge in [0.15, 0.2) is 5.96 Å². The first-order valence-electron chi connectivity index (χ1n) is 10.3. The SMILES string of the molecule is CN=C(NCc1cccc(N(C)C)n1)NC1CCC(NC(=O)OC(C)(C)C)CC1.I. The van der Waals surface area contributed by atoms with Gasteiger partial charge < -0.3 is 25.6 Å². The molecule has 0 atom stereocenters. The van der Waals surface area contributed by atoms with Crippen molar-refractivity contribution in [1.29, 1.82) is 0 Å². The molecule has 0 spiro atoms. The maximum atomic E-state index is 11.9. The van der Waals surface area contributed by atoms with Gasteiger partial charge in [-0.3, -0.25) is 4.99 Å². The predicted octanol–water partition coefficient (Wildman–Crippen LogP) is 3.27. The highest BCUT2D eigenvalue weighted by atomic mass is 127. The van der Waals surface area contributed by atoms with Gasteiger partial charge in [-0.1, -0.05) is 6.07 Å². The van der Waals surface area contributed by atoms with Gasteiger partial charge in [-0.05, 0) is 58.6 Å². The molecule has 2 rings (SSSR count). The monoisotopic (exact) mass is 532 g/mol. The molecule has 8 nitrogen and oxygen atoms in total. The molecule has 1 aromatic rings. The van der Waals surface area contributed by atoms with E-state index in [0.29, 0.717) is 12.6 Å². The van der Waals surface area contributed by atoms with E-state index in [1.54, 1.807) is 7.05 Å². The van der Waals surface area contributed by atoms with E-state index < -0.39 is 5.60 Å². The third kappa shape index (κ3) is 9.36. The Labute approximate surface area is 197 Å². The van der Waals surface area contributed by atoms with E-state index in [-0.39, 0.29) is 36.1 Å². The Balaban J connectivity index is 0.00000450. The average molecular weight is 532 g/mol. The lowest BCUT2D eigenvalue weighted by molar-refractivity contribution is 0.0490. The summed E-state index contributed by atoms with van der Waals surface area (Å²) in [6.07, 6.45) is 3.44. The Morgan fingerprint density at radius 3 is 2.30 bits per heavy atom. The number of carbonyl (C=O) groups excluding carboxylic acids is 1. The maximum absolute atomic E-state index is 11.9. The molecule has 0 bridgehead atoms. The summed E-state index contributed by atoms with van der Waals surface area (Å²) in [5, 5.41) is 9.80. The van der Waals surface area contributed by atoms with Crippen LogP contribution in [0.25, 0.3) is 0 Å². The third-order valence-corrected chi connectivity index (χ3v) is 4.70. The maximum Gasteiger partial charge on any atom is 0.407 e. The molecule has 1 aliphatic carbocycles. The molecule has 9 heteroatoms. The van der Waals surface area contributed by atoms with Crippen LogP contribution in [0.3, 0.4) is 0 Å². The van der Waals surface area contributed by atoms with Crippen LogP contribution in [0.1, 0.15) is 52.1 Å². The number of amides is 1. The number of ether oxygens (including phenoxy) is 1. The molecule has 1 aliphatic rings. The fourth-order valence-corrected chi connectivity index (χ4v) is 3.23. The third-order valence-electron chi connectivity index (χ3n) is 4.70. The summed E-state index contributed by atoms with van der Waals surface area (Å²) in [6.45, 7) is 6.23. The van der Waals surface area contributed by atoms with Crippen molar-refractivity contribution in [2.24, 2.45) is 4.99 Å². The van der Waals surface area contributed by atoms with Gasteiger partial charge in [0.1, 0.15) is 11.4 Å². The van der Waals surface area contributed by atoms with Crippen molar-refractivity contribution >= 4 is 41.8 Å². The van der Waals surface area contributed by atoms with Crippen LogP contribution in [-0.2, 0) is 11.3 Å². The number of aliphatic imine (C=N–C) groups is 1. The van der Waals surface area contributed by atoms with E-state index in [1.165, 1.54) is 0 Å². The highest BCUT2D eigenvalue weighted by Gasteiger charge is 2.25. The zero-order valence-corrected chi connectivity index (χ0v) is 21.3. The van der Waals surface area contributed by atoms with Gasteiger partial charge in [0, 0.05) is 33.2 Å². The predicted molar refractivity (Wildman–Crippen MR) is 133 cm³/mol. The van der Waals surface area contributed by atoms with E-state index in [2.05, 4.69) is 25.9 Å². The molecule has 170 valence electrons. The van der Waals surface area contributed by atoms with Gasteiger partial charge in [0.2, 0.25) is 0 Å². The quantitative estimate of drug-likeness (QED) is 0.307. The molecule has 1 fully saturated rings. The number of carbonyl (C=O) groups is 1. The molecule has 1 amide bonds. The van der Waals surface area contributed by atoms with Gasteiger partial charge >= 0.3 is 6.09 Å². The molecule has 0 aliphatic heterocycles. The molecule has 0 aromatic carbocycles. The Hall–Kier alpha value is -1.78. The molecule has 3 N–H and O–H groups in total. The van der Waals surface area contributed by atoms with Gasteiger partial charge in [-0.25, -0.2) is 9.78 Å². The minimum Gasteiger partial charge on any atom is -0.444 e. The number of rotatable bonds is 5. The number of anilines is 1. The minimum absolute atomic E-state index is 0. The summed E-state index contributed by atoms with van der Waals surface area (Å²) in [5.74, 6) is 1.70. The lowest BCUT2D eigenvalue weighted by atomic mass is 9.91. The normalized spacial score (nSPS) is 19.3. The number of hydrogen-bond donors (Lipinski definition) is 3. The minimum atomic E-state index is -0.470. The van der Waals surface area contributed by atoms with Gasteiger partial charge in [0.05, 0.1) is 12.2 Å². The number of aromatic nitrogens is 1. The fraction of sp³-hybridized carbons (Fsp3) is 0.667. The number of nitrogens with one attached hydrogen (secondary N) is 3. The summed E-state index contributed by atoms with van der Waals surface area (Å²) < 4.78 is 5.34. The van der Waals surface area contributed by atoms with Crippen molar-refractivity contribution < 1.29 is 9.53 Å². The fourth-order valence-electron chi connectivity index (χ4n) is 3.23. The second-order valence-electron chi connectivity index (χ2n) is 8.65. The molecule has 1 aromatic heterocycles. The van der Waals surface area contributed by atoms with E-state index in [4.69, 9.17) is 4.74 Å². The number of alkyl carbamates (subject to hydrolysis) is 1. The van der Waals surface area contributed by atoms with Crippen LogP contribution in [0.2, 0.25) is 0 Å². The van der Waals surface area contributed by atoms with Crippen molar-refractivity contribution in [2.45, 2.75) is 70.7 Å². The topological polar surface area (TPSA) is 90.9 Å². The largest absolute Gasteiger partial charge is 0.444 e. The summed E-state index contributed by atoms with van der Waals surface area (Å²) in [6, 6.07) is 6.49. The first-order valence-corrected chi connectivity index (χ1v) is 10.3. The van der Waals surface area contributed by atoms with Gasteiger partial charge in [-0.2, -0.15) is 0 Å². The van der Waals surface area contributed by atoms with Crippen LogP contribution < -0.4 is 20.9 Å². The summed E-state index contributed by atoms with van der Waals surface area (Å²) in [7, 11) is 5.73. The van der Waals surface area contributed by atoms with Crippen LogP contribution in [0.5, 0.6) is 0 Å². The van der Waals surface area contributed by atoms with Crippen LogP contribution >= 0.6 is 24.0 Å². The number of pyridine rings is 1. The molecule has 30 heavy (non-hydrogen) atoms. The van der Waals surface area contributed by atoms with Crippen molar-refractivity contribution in [3.63, 3.8) is 0 Å². The first kappa shape index (κ1) is 26.3. The molecule has 0 saturated heterocycles. The standard InChI is InChI=1S/C21H36N6O2.HI/c1-21(2,3)29-20(28)26-16-12-10-15(11-13-16)25-19(22-4)23-14-17-8-7-9-18(24-17)27(5)6;/h7-9,15-16H,10-14H2,1-6H3,(H,26,28)(H2,22,23,25);1H. The number of nitrogens with zero attached hydrogens (tertiary/aromatic N) is 3. The molecule has 0 unspecified atom stereocenters.